The molecule has 1 aliphatic heterocycles. The molecule has 5 nitrogen and oxygen atoms in total. The molecule has 0 bridgehead atoms. The number of nitrogens with one attached hydrogen (secondary N) is 1. The average Bonchev–Trinajstić information content (AvgIpc) is 3.13. The van der Waals surface area contributed by atoms with Gasteiger partial charge in [0, 0.05) is 21.8 Å². The van der Waals surface area contributed by atoms with E-state index in [2.05, 4.69) is 5.32 Å². The van der Waals surface area contributed by atoms with Crippen LogP contribution in [0.4, 0.5) is 5.69 Å². The van der Waals surface area contributed by atoms with Crippen molar-refractivity contribution < 1.29 is 14.3 Å². The van der Waals surface area contributed by atoms with E-state index in [4.69, 9.17) is 21.3 Å². The first-order valence-electron chi connectivity index (χ1n) is 10.1. The zero-order chi connectivity index (χ0) is 21.0. The van der Waals surface area contributed by atoms with Crippen molar-refractivity contribution in [2.75, 3.05) is 5.32 Å². The lowest BCUT2D eigenvalue weighted by Gasteiger charge is -2.31. The Morgan fingerprint density at radius 3 is 2.83 bits per heavy atom. The zero-order valence-electron chi connectivity index (χ0n) is 16.8. The Morgan fingerprint density at radius 2 is 2.00 bits per heavy atom. The first kappa shape index (κ1) is 19.1. The van der Waals surface area contributed by atoms with Crippen molar-refractivity contribution in [1.82, 2.24) is 4.98 Å². The van der Waals surface area contributed by atoms with E-state index >= 15 is 0 Å². The summed E-state index contributed by atoms with van der Waals surface area (Å²) in [6.07, 6.45) is 2.97. The van der Waals surface area contributed by atoms with E-state index in [1.165, 1.54) is 0 Å². The van der Waals surface area contributed by atoms with Gasteiger partial charge in [-0.2, -0.15) is 0 Å². The number of aryl methyl sites for hydroxylation is 1. The normalized spacial score (nSPS) is 16.7. The highest BCUT2D eigenvalue weighted by atomic mass is 35.5. The summed E-state index contributed by atoms with van der Waals surface area (Å²) in [5.74, 6) is 0.350. The number of ketones is 1. The number of carbonyl (C=O) groups excluding carboxylic acids is 2. The van der Waals surface area contributed by atoms with Crippen LogP contribution in [0.2, 0.25) is 5.02 Å². The lowest BCUT2D eigenvalue weighted by Crippen LogP contribution is -2.35. The minimum absolute atomic E-state index is 0.0133. The van der Waals surface area contributed by atoms with Gasteiger partial charge >= 0.3 is 0 Å². The Labute approximate surface area is 179 Å². The average molecular weight is 421 g/mol. The number of aromatic nitrogens is 1. The Kier molecular flexibility index (Phi) is 4.33. The fourth-order valence-corrected chi connectivity index (χ4v) is 4.59. The second-order valence-electron chi connectivity index (χ2n) is 8.55. The third kappa shape index (κ3) is 3.23. The standard InChI is InChI=1S/C24H21ClN2O3/c1-24(2)12-20(28)17-11-14(7-9-21(17)30-24)26-23(29)22-15-4-3-5-18(15)27-19-8-6-13(25)10-16(19)22/h6-11H,3-5,12H2,1-2H3,(H,26,29). The summed E-state index contributed by atoms with van der Waals surface area (Å²) in [7, 11) is 0. The molecule has 0 saturated heterocycles. The molecule has 0 saturated carbocycles. The zero-order valence-corrected chi connectivity index (χ0v) is 17.6. The minimum Gasteiger partial charge on any atom is -0.487 e. The van der Waals surface area contributed by atoms with E-state index in [0.29, 0.717) is 34.0 Å². The summed E-state index contributed by atoms with van der Waals surface area (Å²) in [6.45, 7) is 3.79. The maximum atomic E-state index is 13.4. The summed E-state index contributed by atoms with van der Waals surface area (Å²) >= 11 is 6.21. The van der Waals surface area contributed by atoms with E-state index in [-0.39, 0.29) is 11.7 Å². The van der Waals surface area contributed by atoms with Crippen LogP contribution in [-0.4, -0.2) is 22.3 Å². The number of Topliss-reactive ketones (excluding diaryl/α,β-unsaturated/α-hetero) is 1. The predicted octanol–water partition coefficient (Wildman–Crippen LogP) is 5.37. The summed E-state index contributed by atoms with van der Waals surface area (Å²) in [4.78, 5) is 30.6. The van der Waals surface area contributed by atoms with Crippen LogP contribution >= 0.6 is 11.6 Å². The number of fused-ring (bicyclic) bond motifs is 3. The molecule has 0 fully saturated rings. The summed E-state index contributed by atoms with van der Waals surface area (Å²) in [5, 5.41) is 4.29. The van der Waals surface area contributed by atoms with Gasteiger partial charge in [0.2, 0.25) is 0 Å². The van der Waals surface area contributed by atoms with Gasteiger partial charge in [0.15, 0.2) is 5.78 Å². The molecule has 152 valence electrons. The molecule has 1 aliphatic carbocycles. The number of rotatable bonds is 2. The van der Waals surface area contributed by atoms with Crippen molar-refractivity contribution in [1.29, 1.82) is 0 Å². The quantitative estimate of drug-likeness (QED) is 0.604. The third-order valence-corrected chi connectivity index (χ3v) is 5.95. The fourth-order valence-electron chi connectivity index (χ4n) is 4.42. The molecule has 0 unspecified atom stereocenters. The van der Waals surface area contributed by atoms with E-state index in [1.807, 2.05) is 19.9 Å². The number of pyridine rings is 1. The Balaban J connectivity index is 1.54. The van der Waals surface area contributed by atoms with Crippen molar-refractivity contribution >= 4 is 39.9 Å². The number of hydrogen-bond donors (Lipinski definition) is 1. The lowest BCUT2D eigenvalue weighted by molar-refractivity contribution is 0.0620. The predicted molar refractivity (Wildman–Crippen MR) is 117 cm³/mol. The second kappa shape index (κ2) is 6.81. The molecular weight excluding hydrogens is 400 g/mol. The number of ether oxygens (including phenoxy) is 1. The van der Waals surface area contributed by atoms with Gasteiger partial charge in [0.25, 0.3) is 5.91 Å². The van der Waals surface area contributed by atoms with Crippen LogP contribution in [0.25, 0.3) is 10.9 Å². The molecule has 3 aromatic rings. The number of carbonyl (C=O) groups is 2. The van der Waals surface area contributed by atoms with E-state index in [9.17, 15) is 9.59 Å². The van der Waals surface area contributed by atoms with Crippen molar-refractivity contribution in [3.63, 3.8) is 0 Å². The summed E-state index contributed by atoms with van der Waals surface area (Å²) < 4.78 is 5.91. The van der Waals surface area contributed by atoms with Gasteiger partial charge in [-0.25, -0.2) is 0 Å². The molecule has 0 radical (unpaired) electrons. The molecule has 5 rings (SSSR count). The number of amides is 1. The number of benzene rings is 2. The molecular formula is C24H21ClN2O3. The third-order valence-electron chi connectivity index (χ3n) is 5.71. The van der Waals surface area contributed by atoms with Crippen molar-refractivity contribution in [3.8, 4) is 5.75 Å². The van der Waals surface area contributed by atoms with Crippen molar-refractivity contribution in [3.05, 3.63) is 63.8 Å². The Morgan fingerprint density at radius 1 is 1.17 bits per heavy atom. The molecule has 2 heterocycles. The van der Waals surface area contributed by atoms with Crippen LogP contribution in [0.15, 0.2) is 36.4 Å². The van der Waals surface area contributed by atoms with Gasteiger partial charge in [0.1, 0.15) is 11.4 Å². The van der Waals surface area contributed by atoms with Crippen LogP contribution in [0.5, 0.6) is 5.75 Å². The molecule has 0 atom stereocenters. The van der Waals surface area contributed by atoms with Crippen LogP contribution in [-0.2, 0) is 12.8 Å². The Hall–Kier alpha value is -2.92. The van der Waals surface area contributed by atoms with Gasteiger partial charge in [0.05, 0.1) is 23.1 Å². The molecule has 2 aliphatic rings. The highest BCUT2D eigenvalue weighted by Crippen LogP contribution is 2.36. The van der Waals surface area contributed by atoms with E-state index in [1.54, 1.807) is 30.3 Å². The smallest absolute Gasteiger partial charge is 0.256 e. The summed E-state index contributed by atoms with van der Waals surface area (Å²) in [5.41, 5.74) is 3.89. The monoisotopic (exact) mass is 420 g/mol. The van der Waals surface area contributed by atoms with Crippen LogP contribution in [0, 0.1) is 0 Å². The SMILES string of the molecule is CC1(C)CC(=O)c2cc(NC(=O)c3c4c(nc5ccc(Cl)cc35)CCC4)ccc2O1. The fraction of sp³-hybridized carbons (Fsp3) is 0.292. The molecule has 2 aromatic carbocycles. The number of anilines is 1. The van der Waals surface area contributed by atoms with Crippen molar-refractivity contribution in [2.24, 2.45) is 0 Å². The van der Waals surface area contributed by atoms with Gasteiger partial charge in [-0.15, -0.1) is 0 Å². The molecule has 0 spiro atoms. The first-order valence-corrected chi connectivity index (χ1v) is 10.5. The lowest BCUT2D eigenvalue weighted by atomic mass is 9.93. The van der Waals surface area contributed by atoms with E-state index in [0.717, 1.165) is 41.4 Å². The van der Waals surface area contributed by atoms with Crippen molar-refractivity contribution in [2.45, 2.75) is 45.1 Å². The van der Waals surface area contributed by atoms with Gasteiger partial charge in [-0.05, 0) is 75.1 Å². The maximum Gasteiger partial charge on any atom is 0.256 e. The first-order chi connectivity index (χ1) is 14.3. The Bertz CT molecular complexity index is 1230. The number of nitrogens with zero attached hydrogens (tertiary/aromatic N) is 1. The number of halogens is 1. The van der Waals surface area contributed by atoms with Gasteiger partial charge < -0.3 is 10.1 Å². The molecule has 1 amide bonds. The topological polar surface area (TPSA) is 68.3 Å². The minimum atomic E-state index is -0.523. The second-order valence-corrected chi connectivity index (χ2v) is 8.99. The maximum absolute atomic E-state index is 13.4. The van der Waals surface area contributed by atoms with Crippen LogP contribution in [0.3, 0.4) is 0 Å². The largest absolute Gasteiger partial charge is 0.487 e. The molecule has 1 N–H and O–H groups in total. The van der Waals surface area contributed by atoms with Crippen LogP contribution < -0.4 is 10.1 Å². The van der Waals surface area contributed by atoms with Gasteiger partial charge in [-0.3, -0.25) is 14.6 Å². The highest BCUT2D eigenvalue weighted by Gasteiger charge is 2.32. The number of hydrogen-bond acceptors (Lipinski definition) is 4. The van der Waals surface area contributed by atoms with Gasteiger partial charge in [-0.1, -0.05) is 11.6 Å². The summed E-state index contributed by atoms with van der Waals surface area (Å²) in [6, 6.07) is 10.6. The van der Waals surface area contributed by atoms with Crippen LogP contribution in [0.1, 0.15) is 58.7 Å². The highest BCUT2D eigenvalue weighted by molar-refractivity contribution is 6.31. The molecule has 6 heteroatoms. The van der Waals surface area contributed by atoms with E-state index < -0.39 is 5.60 Å². The molecule has 30 heavy (non-hydrogen) atoms. The molecule has 1 aromatic heterocycles.